The van der Waals surface area contributed by atoms with Crippen molar-refractivity contribution in [2.45, 2.75) is 6.04 Å². The number of aliphatic hydroxyl groups excluding tert-OH is 1. The number of aliphatic hydroxyl groups is 1. The number of nitrogens with zero attached hydrogens (tertiary/aromatic N) is 1. The molecule has 17 heavy (non-hydrogen) atoms. The molecule has 2 N–H and O–H groups in total. The maximum atomic E-state index is 11.2. The minimum Gasteiger partial charge on any atom is -0.467 e. The van der Waals surface area contributed by atoms with Gasteiger partial charge in [-0.3, -0.25) is 0 Å². The fourth-order valence-electron chi connectivity index (χ4n) is 1.40. The van der Waals surface area contributed by atoms with Crippen LogP contribution in [0, 0.1) is 0 Å². The Bertz CT molecular complexity index is 490. The molecular weight excluding hydrogens is 224 g/mol. The van der Waals surface area contributed by atoms with E-state index in [-0.39, 0.29) is 6.01 Å². The first-order chi connectivity index (χ1) is 8.24. The topological polar surface area (TPSA) is 84.6 Å². The Morgan fingerprint density at radius 2 is 2.35 bits per heavy atom. The molecule has 0 aliphatic rings. The Morgan fingerprint density at radius 1 is 1.59 bits per heavy atom. The number of fused-ring (bicyclic) bond motifs is 1. The van der Waals surface area contributed by atoms with Crippen LogP contribution in [0.15, 0.2) is 28.7 Å². The van der Waals surface area contributed by atoms with Gasteiger partial charge in [0.1, 0.15) is 5.52 Å². The number of oxazole rings is 1. The molecule has 1 unspecified atom stereocenters. The van der Waals surface area contributed by atoms with Crippen molar-refractivity contribution in [1.29, 1.82) is 0 Å². The van der Waals surface area contributed by atoms with E-state index in [1.54, 1.807) is 12.1 Å². The van der Waals surface area contributed by atoms with Crippen LogP contribution in [0.5, 0.6) is 0 Å². The Morgan fingerprint density at radius 3 is 3.00 bits per heavy atom. The SMILES string of the molecule is COC(=O)C(CO)Nc1nc2ccccc2o1. The van der Waals surface area contributed by atoms with Crippen LogP contribution >= 0.6 is 0 Å². The fraction of sp³-hybridized carbons (Fsp3) is 0.273. The predicted molar refractivity (Wildman–Crippen MR) is 60.5 cm³/mol. The third-order valence-corrected chi connectivity index (χ3v) is 2.26. The number of methoxy groups -OCH3 is 1. The Kier molecular flexibility index (Phi) is 3.24. The van der Waals surface area contributed by atoms with E-state index in [9.17, 15) is 4.79 Å². The summed E-state index contributed by atoms with van der Waals surface area (Å²) in [4.78, 5) is 15.4. The number of nitrogens with one attached hydrogen (secondary N) is 1. The summed E-state index contributed by atoms with van der Waals surface area (Å²) in [6.07, 6.45) is 0. The van der Waals surface area contributed by atoms with Crippen LogP contribution in [-0.4, -0.2) is 35.8 Å². The number of anilines is 1. The molecule has 1 heterocycles. The van der Waals surface area contributed by atoms with Gasteiger partial charge in [0.15, 0.2) is 11.6 Å². The number of carbonyl (C=O) groups excluding carboxylic acids is 1. The molecule has 0 saturated heterocycles. The summed E-state index contributed by atoms with van der Waals surface area (Å²) in [6.45, 7) is -0.397. The second-order valence-electron chi connectivity index (χ2n) is 3.39. The molecule has 90 valence electrons. The highest BCUT2D eigenvalue weighted by Crippen LogP contribution is 2.18. The molecule has 0 aliphatic heterocycles. The first-order valence-electron chi connectivity index (χ1n) is 5.05. The number of aromatic nitrogens is 1. The van der Waals surface area contributed by atoms with Crippen LogP contribution in [0.25, 0.3) is 11.1 Å². The molecule has 6 heteroatoms. The molecular formula is C11H12N2O4. The highest BCUT2D eigenvalue weighted by molar-refractivity contribution is 5.79. The van der Waals surface area contributed by atoms with E-state index < -0.39 is 18.6 Å². The lowest BCUT2D eigenvalue weighted by Crippen LogP contribution is -2.34. The molecule has 1 atom stereocenters. The maximum Gasteiger partial charge on any atom is 0.330 e. The van der Waals surface area contributed by atoms with E-state index in [0.717, 1.165) is 0 Å². The number of hydrogen-bond acceptors (Lipinski definition) is 6. The molecule has 0 amide bonds. The summed E-state index contributed by atoms with van der Waals surface area (Å²) in [6, 6.07) is 6.50. The third kappa shape index (κ3) is 2.36. The molecule has 0 spiro atoms. The maximum absolute atomic E-state index is 11.2. The lowest BCUT2D eigenvalue weighted by atomic mass is 10.3. The van der Waals surface area contributed by atoms with Crippen LogP contribution in [-0.2, 0) is 9.53 Å². The van der Waals surface area contributed by atoms with Crippen molar-refractivity contribution in [3.8, 4) is 0 Å². The van der Waals surface area contributed by atoms with Crippen LogP contribution in [0.4, 0.5) is 6.01 Å². The average molecular weight is 236 g/mol. The zero-order chi connectivity index (χ0) is 12.3. The summed E-state index contributed by atoms with van der Waals surface area (Å²) in [5.74, 6) is -0.574. The van der Waals surface area contributed by atoms with Crippen LogP contribution in [0.3, 0.4) is 0 Å². The predicted octanol–water partition coefficient (Wildman–Crippen LogP) is 0.774. The second kappa shape index (κ2) is 4.84. The minimum atomic E-state index is -0.881. The summed E-state index contributed by atoms with van der Waals surface area (Å²) >= 11 is 0. The van der Waals surface area contributed by atoms with Crippen molar-refractivity contribution in [2.75, 3.05) is 19.0 Å². The van der Waals surface area contributed by atoms with Crippen molar-refractivity contribution in [2.24, 2.45) is 0 Å². The summed E-state index contributed by atoms with van der Waals surface area (Å²) in [5, 5.41) is 11.7. The van der Waals surface area contributed by atoms with Gasteiger partial charge in [-0.05, 0) is 12.1 Å². The van der Waals surface area contributed by atoms with Crippen LogP contribution < -0.4 is 5.32 Å². The number of carbonyl (C=O) groups is 1. The number of rotatable bonds is 4. The second-order valence-corrected chi connectivity index (χ2v) is 3.39. The van der Waals surface area contributed by atoms with Crippen LogP contribution in [0.1, 0.15) is 0 Å². The van der Waals surface area contributed by atoms with E-state index in [2.05, 4.69) is 15.0 Å². The van der Waals surface area contributed by atoms with Gasteiger partial charge in [-0.1, -0.05) is 12.1 Å². The third-order valence-electron chi connectivity index (χ3n) is 2.26. The molecule has 0 fully saturated rings. The molecule has 1 aromatic carbocycles. The lowest BCUT2D eigenvalue weighted by molar-refractivity contribution is -0.142. The van der Waals surface area contributed by atoms with Gasteiger partial charge in [0.25, 0.3) is 6.01 Å². The first kappa shape index (κ1) is 11.4. The van der Waals surface area contributed by atoms with E-state index in [0.29, 0.717) is 11.1 Å². The van der Waals surface area contributed by atoms with E-state index in [4.69, 9.17) is 9.52 Å². The molecule has 0 bridgehead atoms. The van der Waals surface area contributed by atoms with Crippen molar-refractivity contribution >= 4 is 23.1 Å². The smallest absolute Gasteiger partial charge is 0.330 e. The van der Waals surface area contributed by atoms with Gasteiger partial charge < -0.3 is 19.6 Å². The van der Waals surface area contributed by atoms with Gasteiger partial charge in [-0.2, -0.15) is 4.98 Å². The van der Waals surface area contributed by atoms with Gasteiger partial charge in [0, 0.05) is 0 Å². The normalized spacial score (nSPS) is 12.4. The van der Waals surface area contributed by atoms with Gasteiger partial charge in [-0.25, -0.2) is 4.79 Å². The molecule has 1 aromatic heterocycles. The first-order valence-corrected chi connectivity index (χ1v) is 5.05. The number of benzene rings is 1. The number of ether oxygens (including phenoxy) is 1. The van der Waals surface area contributed by atoms with Gasteiger partial charge >= 0.3 is 5.97 Å². The van der Waals surface area contributed by atoms with Crippen molar-refractivity contribution in [3.63, 3.8) is 0 Å². The Labute approximate surface area is 97.2 Å². The van der Waals surface area contributed by atoms with E-state index in [1.165, 1.54) is 7.11 Å². The van der Waals surface area contributed by atoms with Crippen molar-refractivity contribution < 1.29 is 19.1 Å². The summed E-state index contributed by atoms with van der Waals surface area (Å²) in [5.41, 5.74) is 1.29. The quantitative estimate of drug-likeness (QED) is 0.763. The average Bonchev–Trinajstić information content (AvgIpc) is 2.77. The Hall–Kier alpha value is -2.08. The van der Waals surface area contributed by atoms with Gasteiger partial charge in [0.05, 0.1) is 13.7 Å². The highest BCUT2D eigenvalue weighted by Gasteiger charge is 2.20. The highest BCUT2D eigenvalue weighted by atomic mass is 16.5. The van der Waals surface area contributed by atoms with Gasteiger partial charge in [0.2, 0.25) is 0 Å². The summed E-state index contributed by atoms with van der Waals surface area (Å²) in [7, 11) is 1.25. The van der Waals surface area contributed by atoms with E-state index >= 15 is 0 Å². The largest absolute Gasteiger partial charge is 0.467 e. The molecule has 2 rings (SSSR count). The molecule has 6 nitrogen and oxygen atoms in total. The Balaban J connectivity index is 2.19. The number of esters is 1. The van der Waals surface area contributed by atoms with Crippen molar-refractivity contribution in [1.82, 2.24) is 4.98 Å². The monoisotopic (exact) mass is 236 g/mol. The standard InChI is InChI=1S/C11H12N2O4/c1-16-10(15)8(6-14)13-11-12-7-4-2-3-5-9(7)17-11/h2-5,8,14H,6H2,1H3,(H,12,13). The summed E-state index contributed by atoms with van der Waals surface area (Å²) < 4.78 is 9.87. The lowest BCUT2D eigenvalue weighted by Gasteiger charge is -2.11. The zero-order valence-electron chi connectivity index (χ0n) is 9.21. The molecule has 2 aromatic rings. The number of hydrogen-bond donors (Lipinski definition) is 2. The minimum absolute atomic E-state index is 0.177. The molecule has 0 saturated carbocycles. The molecule has 0 radical (unpaired) electrons. The zero-order valence-corrected chi connectivity index (χ0v) is 9.21. The molecule has 0 aliphatic carbocycles. The number of para-hydroxylation sites is 2. The van der Waals surface area contributed by atoms with Gasteiger partial charge in [-0.15, -0.1) is 0 Å². The van der Waals surface area contributed by atoms with Crippen molar-refractivity contribution in [3.05, 3.63) is 24.3 Å². The van der Waals surface area contributed by atoms with E-state index in [1.807, 2.05) is 12.1 Å². The fourth-order valence-corrected chi connectivity index (χ4v) is 1.40. The van der Waals surface area contributed by atoms with Crippen LogP contribution in [0.2, 0.25) is 0 Å².